The van der Waals surface area contributed by atoms with E-state index in [-0.39, 0.29) is 6.54 Å². The molecule has 2 amide bonds. The van der Waals surface area contributed by atoms with Gasteiger partial charge < -0.3 is 14.8 Å². The van der Waals surface area contributed by atoms with Crippen LogP contribution in [-0.2, 0) is 4.79 Å². The number of thiophene rings is 1. The van der Waals surface area contributed by atoms with E-state index in [0.29, 0.717) is 22.8 Å². The molecule has 0 aliphatic carbocycles. The Morgan fingerprint density at radius 3 is 2.72 bits per heavy atom. The number of nitrogens with zero attached hydrogens (tertiary/aromatic N) is 2. The van der Waals surface area contributed by atoms with E-state index in [1.807, 2.05) is 17.5 Å². The molecule has 2 aromatic heterocycles. The molecular weight excluding hydrogens is 392 g/mol. The van der Waals surface area contributed by atoms with Gasteiger partial charge in [0.2, 0.25) is 0 Å². The van der Waals surface area contributed by atoms with E-state index in [1.54, 1.807) is 31.3 Å². The van der Waals surface area contributed by atoms with Gasteiger partial charge in [-0.1, -0.05) is 0 Å². The Labute approximate surface area is 171 Å². The van der Waals surface area contributed by atoms with Gasteiger partial charge in [0.05, 0.1) is 26.5 Å². The number of carbonyl (C=O) groups is 2. The van der Waals surface area contributed by atoms with E-state index < -0.39 is 11.8 Å². The molecular formula is C20H20N4O4S. The lowest BCUT2D eigenvalue weighted by molar-refractivity contribution is -0.120. The second-order valence-corrected chi connectivity index (χ2v) is 6.85. The molecule has 8 nitrogen and oxygen atoms in total. The van der Waals surface area contributed by atoms with Crippen LogP contribution in [0.15, 0.2) is 47.0 Å². The van der Waals surface area contributed by atoms with Gasteiger partial charge in [-0.25, -0.2) is 10.4 Å². The van der Waals surface area contributed by atoms with Gasteiger partial charge >= 0.3 is 0 Å². The molecule has 0 spiro atoms. The second-order valence-electron chi connectivity index (χ2n) is 5.99. The number of fused-ring (bicyclic) bond motifs is 1. The van der Waals surface area contributed by atoms with Crippen LogP contribution in [0.4, 0.5) is 0 Å². The predicted octanol–water partition coefficient (Wildman–Crippen LogP) is 2.58. The summed E-state index contributed by atoms with van der Waals surface area (Å²) in [6, 6.07) is 8.57. The highest BCUT2D eigenvalue weighted by Gasteiger charge is 2.12. The minimum Gasteiger partial charge on any atom is -0.493 e. The van der Waals surface area contributed by atoms with Crippen molar-refractivity contribution in [2.75, 3.05) is 20.8 Å². The van der Waals surface area contributed by atoms with E-state index in [4.69, 9.17) is 9.47 Å². The third kappa shape index (κ3) is 4.69. The molecule has 0 fully saturated rings. The van der Waals surface area contributed by atoms with Gasteiger partial charge in [-0.2, -0.15) is 5.10 Å². The van der Waals surface area contributed by atoms with Crippen molar-refractivity contribution in [2.45, 2.75) is 6.92 Å². The maximum Gasteiger partial charge on any atom is 0.259 e. The summed E-state index contributed by atoms with van der Waals surface area (Å²) in [5.74, 6) is 0.109. The van der Waals surface area contributed by atoms with Crippen molar-refractivity contribution in [1.82, 2.24) is 15.7 Å². The normalized spacial score (nSPS) is 11.2. The van der Waals surface area contributed by atoms with Crippen molar-refractivity contribution >= 4 is 39.1 Å². The van der Waals surface area contributed by atoms with Crippen LogP contribution in [0.3, 0.4) is 0 Å². The highest BCUT2D eigenvalue weighted by Crippen LogP contribution is 2.27. The van der Waals surface area contributed by atoms with Crippen LogP contribution in [0.5, 0.6) is 11.5 Å². The number of rotatable bonds is 7. The maximum absolute atomic E-state index is 12.3. The van der Waals surface area contributed by atoms with Crippen LogP contribution in [-0.4, -0.2) is 43.3 Å². The fourth-order valence-electron chi connectivity index (χ4n) is 2.63. The molecule has 3 aromatic rings. The topological polar surface area (TPSA) is 102 Å². The van der Waals surface area contributed by atoms with Crippen LogP contribution < -0.4 is 20.2 Å². The zero-order valence-corrected chi connectivity index (χ0v) is 17.0. The van der Waals surface area contributed by atoms with E-state index in [0.717, 1.165) is 15.8 Å². The van der Waals surface area contributed by atoms with E-state index in [2.05, 4.69) is 20.8 Å². The minimum absolute atomic E-state index is 0.212. The lowest BCUT2D eigenvalue weighted by Gasteiger charge is -2.09. The maximum atomic E-state index is 12.3. The van der Waals surface area contributed by atoms with Gasteiger partial charge in [-0.05, 0) is 37.3 Å². The number of ether oxygens (including phenoxy) is 2. The molecule has 0 aliphatic heterocycles. The first-order valence-corrected chi connectivity index (χ1v) is 9.57. The van der Waals surface area contributed by atoms with Crippen LogP contribution in [0.2, 0.25) is 0 Å². The molecule has 9 heteroatoms. The summed E-state index contributed by atoms with van der Waals surface area (Å²) in [5.41, 5.74) is 4.38. The number of benzene rings is 1. The molecule has 29 heavy (non-hydrogen) atoms. The van der Waals surface area contributed by atoms with Crippen molar-refractivity contribution in [3.05, 3.63) is 53.0 Å². The number of hydrazone groups is 1. The van der Waals surface area contributed by atoms with Crippen molar-refractivity contribution in [3.8, 4) is 11.5 Å². The number of amides is 2. The Bertz CT molecular complexity index is 1080. The highest BCUT2D eigenvalue weighted by atomic mass is 32.1. The van der Waals surface area contributed by atoms with Crippen molar-refractivity contribution in [1.29, 1.82) is 0 Å². The largest absolute Gasteiger partial charge is 0.493 e. The fourth-order valence-corrected chi connectivity index (χ4v) is 3.59. The second kappa shape index (κ2) is 9.16. The number of hydrogen-bond acceptors (Lipinski definition) is 7. The molecule has 150 valence electrons. The summed E-state index contributed by atoms with van der Waals surface area (Å²) in [6.45, 7) is 1.59. The Hall–Kier alpha value is -3.46. The first-order chi connectivity index (χ1) is 14.0. The van der Waals surface area contributed by atoms with Gasteiger partial charge in [0.15, 0.2) is 11.5 Å². The number of hydrogen-bond donors (Lipinski definition) is 2. The third-order valence-corrected chi connectivity index (χ3v) is 5.05. The van der Waals surface area contributed by atoms with Crippen LogP contribution in [0.25, 0.3) is 10.2 Å². The lowest BCUT2D eigenvalue weighted by atomic mass is 10.1. The first kappa shape index (κ1) is 20.3. The van der Waals surface area contributed by atoms with E-state index >= 15 is 0 Å². The molecule has 1 aromatic carbocycles. The molecule has 0 saturated heterocycles. The number of aromatic nitrogens is 1. The zero-order chi connectivity index (χ0) is 20.8. The summed E-state index contributed by atoms with van der Waals surface area (Å²) in [7, 11) is 3.00. The fraction of sp³-hybridized carbons (Fsp3) is 0.200. The molecule has 3 rings (SSSR count). The molecule has 0 radical (unpaired) electrons. The molecule has 2 N–H and O–H groups in total. The average Bonchev–Trinajstić information content (AvgIpc) is 3.19. The Balaban J connectivity index is 1.58. The van der Waals surface area contributed by atoms with Gasteiger partial charge in [0.25, 0.3) is 11.8 Å². The monoisotopic (exact) mass is 412 g/mol. The van der Waals surface area contributed by atoms with E-state index in [9.17, 15) is 9.59 Å². The highest BCUT2D eigenvalue weighted by molar-refractivity contribution is 7.17. The van der Waals surface area contributed by atoms with Gasteiger partial charge in [0.1, 0.15) is 4.83 Å². The van der Waals surface area contributed by atoms with Crippen molar-refractivity contribution in [3.63, 3.8) is 0 Å². The molecule has 0 bridgehead atoms. The molecule has 0 atom stereocenters. The van der Waals surface area contributed by atoms with E-state index in [1.165, 1.54) is 25.6 Å². The molecule has 0 unspecified atom stereocenters. The van der Waals surface area contributed by atoms with Crippen molar-refractivity contribution < 1.29 is 19.1 Å². The number of methoxy groups -OCH3 is 2. The van der Waals surface area contributed by atoms with Crippen LogP contribution in [0, 0.1) is 0 Å². The van der Waals surface area contributed by atoms with Gasteiger partial charge in [0, 0.05) is 28.1 Å². The van der Waals surface area contributed by atoms with Crippen LogP contribution in [0.1, 0.15) is 22.8 Å². The third-order valence-electron chi connectivity index (χ3n) is 4.14. The Kier molecular flexibility index (Phi) is 6.40. The summed E-state index contributed by atoms with van der Waals surface area (Å²) in [6.07, 6.45) is 1.73. The molecule has 2 heterocycles. The number of pyridine rings is 1. The molecule has 0 aliphatic rings. The van der Waals surface area contributed by atoms with Crippen molar-refractivity contribution in [2.24, 2.45) is 5.10 Å². The average molecular weight is 412 g/mol. The summed E-state index contributed by atoms with van der Waals surface area (Å²) in [5, 5.41) is 9.60. The minimum atomic E-state index is -0.434. The number of nitrogens with one attached hydrogen (secondary N) is 2. The lowest BCUT2D eigenvalue weighted by Crippen LogP contribution is -2.35. The summed E-state index contributed by atoms with van der Waals surface area (Å²) in [4.78, 5) is 29.5. The molecule has 0 saturated carbocycles. The van der Waals surface area contributed by atoms with Crippen LogP contribution >= 0.6 is 11.3 Å². The van der Waals surface area contributed by atoms with Gasteiger partial charge in [-0.3, -0.25) is 9.59 Å². The Morgan fingerprint density at radius 1 is 1.17 bits per heavy atom. The predicted molar refractivity (Wildman–Crippen MR) is 112 cm³/mol. The summed E-state index contributed by atoms with van der Waals surface area (Å²) < 4.78 is 10.3. The quantitative estimate of drug-likeness (QED) is 0.459. The first-order valence-electron chi connectivity index (χ1n) is 8.69. The van der Waals surface area contributed by atoms with Gasteiger partial charge in [-0.15, -0.1) is 11.3 Å². The SMILES string of the molecule is COc1ccc(C(=O)NCC(=O)NN=C(C)c2csc3ncccc23)cc1OC. The number of carbonyl (C=O) groups excluding carboxylic acids is 2. The zero-order valence-electron chi connectivity index (χ0n) is 16.2. The standard InChI is InChI=1S/C20H20N4O4S/c1-12(15-11-29-20-14(15)5-4-8-21-20)23-24-18(25)10-22-19(26)13-6-7-16(27-2)17(9-13)28-3/h4-9,11H,10H2,1-3H3,(H,22,26)(H,24,25). The summed E-state index contributed by atoms with van der Waals surface area (Å²) >= 11 is 1.51. The smallest absolute Gasteiger partial charge is 0.259 e. The Morgan fingerprint density at radius 2 is 1.97 bits per heavy atom.